The summed E-state index contributed by atoms with van der Waals surface area (Å²) in [7, 11) is 0. The number of hydrogen-bond acceptors (Lipinski definition) is 6. The Balaban J connectivity index is 1.45. The van der Waals surface area contributed by atoms with E-state index in [-0.39, 0.29) is 30.3 Å². The maximum absolute atomic E-state index is 12.1. The zero-order chi connectivity index (χ0) is 21.5. The minimum absolute atomic E-state index is 0.102. The third-order valence-electron chi connectivity index (χ3n) is 4.35. The number of amides is 1. The van der Waals surface area contributed by atoms with Gasteiger partial charge in [0.2, 0.25) is 5.91 Å². The van der Waals surface area contributed by atoms with E-state index < -0.39 is 5.97 Å². The number of carbonyl (C=O) groups excluding carboxylic acids is 3. The molecule has 0 aliphatic heterocycles. The zero-order valence-corrected chi connectivity index (χ0v) is 16.4. The smallest absolute Gasteiger partial charge is 0.306 e. The van der Waals surface area contributed by atoms with Crippen LogP contribution in [-0.4, -0.2) is 34.2 Å². The molecule has 0 aliphatic carbocycles. The lowest BCUT2D eigenvalue weighted by molar-refractivity contribution is -0.142. The van der Waals surface area contributed by atoms with Crippen LogP contribution in [0.2, 0.25) is 0 Å². The molecule has 1 amide bonds. The number of rotatable bonds is 8. The van der Waals surface area contributed by atoms with Gasteiger partial charge in [0.15, 0.2) is 12.4 Å². The van der Waals surface area contributed by atoms with Gasteiger partial charge in [0.1, 0.15) is 5.82 Å². The number of nitrogens with one attached hydrogen (secondary N) is 2. The van der Waals surface area contributed by atoms with Gasteiger partial charge < -0.3 is 15.0 Å². The lowest BCUT2D eigenvalue weighted by Crippen LogP contribution is -2.15. The Morgan fingerprint density at radius 1 is 1.07 bits per heavy atom. The monoisotopic (exact) mass is 407 g/mol. The molecule has 0 unspecified atom stereocenters. The molecule has 0 spiro atoms. The van der Waals surface area contributed by atoms with Crippen molar-refractivity contribution < 1.29 is 19.1 Å². The van der Waals surface area contributed by atoms with E-state index in [1.807, 2.05) is 0 Å². The highest BCUT2D eigenvalue weighted by Crippen LogP contribution is 2.11. The molecule has 8 nitrogen and oxygen atoms in total. The molecule has 3 rings (SSSR count). The first-order valence-corrected chi connectivity index (χ1v) is 9.47. The number of carbonyl (C=O) groups is 3. The number of esters is 1. The SMILES string of the molecule is CC(=O)Nc1ccc(C(=O)COC(=O)CCCc2nc3ccccc3c(=O)[nH]2)cc1. The maximum Gasteiger partial charge on any atom is 0.306 e. The second-order valence-electron chi connectivity index (χ2n) is 6.73. The highest BCUT2D eigenvalue weighted by Gasteiger charge is 2.11. The molecule has 0 bridgehead atoms. The predicted molar refractivity (Wildman–Crippen MR) is 111 cm³/mol. The van der Waals surface area contributed by atoms with Crippen molar-refractivity contribution in [3.63, 3.8) is 0 Å². The third kappa shape index (κ3) is 5.60. The molecule has 30 heavy (non-hydrogen) atoms. The summed E-state index contributed by atoms with van der Waals surface area (Å²) in [6.07, 6.45) is 0.943. The van der Waals surface area contributed by atoms with E-state index in [0.29, 0.717) is 40.8 Å². The molecule has 0 saturated heterocycles. The molecule has 8 heteroatoms. The van der Waals surface area contributed by atoms with Crippen LogP contribution >= 0.6 is 0 Å². The van der Waals surface area contributed by atoms with Crippen LogP contribution in [0.3, 0.4) is 0 Å². The number of aromatic nitrogens is 2. The number of anilines is 1. The number of H-pyrrole nitrogens is 1. The van der Waals surface area contributed by atoms with E-state index in [0.717, 1.165) is 0 Å². The normalized spacial score (nSPS) is 10.6. The minimum atomic E-state index is -0.499. The second-order valence-corrected chi connectivity index (χ2v) is 6.73. The Hall–Kier alpha value is -3.81. The Morgan fingerprint density at radius 3 is 2.53 bits per heavy atom. The highest BCUT2D eigenvalue weighted by molar-refractivity contribution is 5.98. The van der Waals surface area contributed by atoms with Crippen molar-refractivity contribution in [1.82, 2.24) is 9.97 Å². The van der Waals surface area contributed by atoms with Crippen molar-refractivity contribution in [2.24, 2.45) is 0 Å². The van der Waals surface area contributed by atoms with Crippen LogP contribution in [0.5, 0.6) is 0 Å². The molecule has 0 atom stereocenters. The first kappa shape index (κ1) is 20.9. The fourth-order valence-electron chi connectivity index (χ4n) is 2.90. The first-order chi connectivity index (χ1) is 14.4. The molecule has 0 aliphatic rings. The van der Waals surface area contributed by atoms with Crippen molar-refractivity contribution in [1.29, 1.82) is 0 Å². The molecule has 0 radical (unpaired) electrons. The molecule has 2 N–H and O–H groups in total. The maximum atomic E-state index is 12.1. The van der Waals surface area contributed by atoms with E-state index in [2.05, 4.69) is 15.3 Å². The number of aryl methyl sites for hydroxylation is 1. The first-order valence-electron chi connectivity index (χ1n) is 9.47. The van der Waals surface area contributed by atoms with Gasteiger partial charge in [-0.1, -0.05) is 12.1 Å². The lowest BCUT2D eigenvalue weighted by Gasteiger charge is -2.06. The van der Waals surface area contributed by atoms with Crippen molar-refractivity contribution >= 4 is 34.3 Å². The summed E-state index contributed by atoms with van der Waals surface area (Å²) in [6, 6.07) is 13.4. The summed E-state index contributed by atoms with van der Waals surface area (Å²) in [6.45, 7) is 1.04. The van der Waals surface area contributed by atoms with Gasteiger partial charge in [-0.25, -0.2) is 4.98 Å². The number of Topliss-reactive ketones (excluding diaryl/α,β-unsaturated/α-hetero) is 1. The molecule has 1 heterocycles. The number of nitrogens with zero attached hydrogens (tertiary/aromatic N) is 1. The second kappa shape index (κ2) is 9.60. The third-order valence-corrected chi connectivity index (χ3v) is 4.35. The highest BCUT2D eigenvalue weighted by atomic mass is 16.5. The Morgan fingerprint density at radius 2 is 1.80 bits per heavy atom. The fraction of sp³-hybridized carbons (Fsp3) is 0.227. The lowest BCUT2D eigenvalue weighted by atomic mass is 10.1. The van der Waals surface area contributed by atoms with Crippen molar-refractivity contribution in [2.75, 3.05) is 11.9 Å². The van der Waals surface area contributed by atoms with E-state index in [9.17, 15) is 19.2 Å². The van der Waals surface area contributed by atoms with Gasteiger partial charge in [-0.3, -0.25) is 19.2 Å². The largest absolute Gasteiger partial charge is 0.457 e. The van der Waals surface area contributed by atoms with E-state index in [1.165, 1.54) is 6.92 Å². The van der Waals surface area contributed by atoms with Crippen LogP contribution in [0.4, 0.5) is 5.69 Å². The topological polar surface area (TPSA) is 118 Å². The van der Waals surface area contributed by atoms with Gasteiger partial charge in [-0.05, 0) is 42.8 Å². The molecular formula is C22H21N3O5. The quantitative estimate of drug-likeness (QED) is 0.438. The Labute approximate surface area is 172 Å². The summed E-state index contributed by atoms with van der Waals surface area (Å²) < 4.78 is 5.03. The number of benzene rings is 2. The number of hydrogen-bond donors (Lipinski definition) is 2. The molecule has 0 saturated carbocycles. The van der Waals surface area contributed by atoms with Crippen molar-refractivity contribution in [3.05, 3.63) is 70.3 Å². The van der Waals surface area contributed by atoms with Gasteiger partial charge in [0, 0.05) is 31.0 Å². The van der Waals surface area contributed by atoms with E-state index in [1.54, 1.807) is 48.5 Å². The number of ether oxygens (including phenoxy) is 1. The van der Waals surface area contributed by atoms with Crippen LogP contribution in [0.1, 0.15) is 35.9 Å². The molecule has 3 aromatic rings. The van der Waals surface area contributed by atoms with E-state index >= 15 is 0 Å². The average molecular weight is 407 g/mol. The number of para-hydroxylation sites is 1. The number of aromatic amines is 1. The summed E-state index contributed by atoms with van der Waals surface area (Å²) >= 11 is 0. The van der Waals surface area contributed by atoms with Gasteiger partial charge in [-0.2, -0.15) is 0 Å². The molecule has 154 valence electrons. The standard InChI is InChI=1S/C22H21N3O5/c1-14(26)23-16-11-9-15(10-12-16)19(27)13-30-21(28)8-4-7-20-24-18-6-3-2-5-17(18)22(29)25-20/h2-3,5-6,9-12H,4,7-8,13H2,1H3,(H,23,26)(H,24,25,29). The summed E-state index contributed by atoms with van der Waals surface area (Å²) in [5, 5.41) is 3.13. The van der Waals surface area contributed by atoms with Gasteiger partial charge >= 0.3 is 5.97 Å². The van der Waals surface area contributed by atoms with E-state index in [4.69, 9.17) is 4.74 Å². The van der Waals surface area contributed by atoms with Crippen LogP contribution < -0.4 is 10.9 Å². The van der Waals surface area contributed by atoms with Crippen LogP contribution in [0, 0.1) is 0 Å². The average Bonchev–Trinajstić information content (AvgIpc) is 2.72. The van der Waals surface area contributed by atoms with Gasteiger partial charge in [0.05, 0.1) is 10.9 Å². The molecule has 2 aromatic carbocycles. The number of ketones is 1. The van der Waals surface area contributed by atoms with Gasteiger partial charge in [0.25, 0.3) is 5.56 Å². The Bertz CT molecular complexity index is 1140. The molecular weight excluding hydrogens is 386 g/mol. The predicted octanol–water partition coefficient (Wildman–Crippen LogP) is 2.63. The molecule has 0 fully saturated rings. The summed E-state index contributed by atoms with van der Waals surface area (Å²) in [5.41, 5.74) is 1.36. The fourth-order valence-corrected chi connectivity index (χ4v) is 2.90. The van der Waals surface area contributed by atoms with Crippen LogP contribution in [-0.2, 0) is 20.7 Å². The van der Waals surface area contributed by atoms with Crippen molar-refractivity contribution in [3.8, 4) is 0 Å². The zero-order valence-electron chi connectivity index (χ0n) is 16.4. The summed E-state index contributed by atoms with van der Waals surface area (Å²) in [5.74, 6) is -0.535. The minimum Gasteiger partial charge on any atom is -0.457 e. The summed E-state index contributed by atoms with van der Waals surface area (Å²) in [4.78, 5) is 54.2. The number of fused-ring (bicyclic) bond motifs is 1. The van der Waals surface area contributed by atoms with Crippen LogP contribution in [0.15, 0.2) is 53.3 Å². The van der Waals surface area contributed by atoms with Crippen molar-refractivity contribution in [2.45, 2.75) is 26.2 Å². The molecule has 1 aromatic heterocycles. The van der Waals surface area contributed by atoms with Crippen LogP contribution in [0.25, 0.3) is 10.9 Å². The Kier molecular flexibility index (Phi) is 6.69. The van der Waals surface area contributed by atoms with Gasteiger partial charge in [-0.15, -0.1) is 0 Å².